The number of halogens is 1. The average molecular weight is 230 g/mol. The van der Waals surface area contributed by atoms with Crippen LogP contribution in [0.3, 0.4) is 0 Å². The minimum Gasteiger partial charge on any atom is -0.307 e. The summed E-state index contributed by atoms with van der Waals surface area (Å²) in [5.41, 5.74) is 0. The molecule has 1 aliphatic rings. The lowest BCUT2D eigenvalue weighted by Crippen LogP contribution is -2.31. The summed E-state index contributed by atoms with van der Waals surface area (Å²) in [7, 11) is 0. The van der Waals surface area contributed by atoms with E-state index in [1.807, 2.05) is 12.1 Å². The van der Waals surface area contributed by atoms with Gasteiger partial charge in [0, 0.05) is 11.3 Å². The van der Waals surface area contributed by atoms with E-state index in [0.29, 0.717) is 12.2 Å². The van der Waals surface area contributed by atoms with Gasteiger partial charge in [0.1, 0.15) is 0 Å². The number of nitrogens with one attached hydrogen (secondary N) is 1. The molecule has 1 saturated heterocycles. The molecule has 1 N–H and O–H groups in total. The van der Waals surface area contributed by atoms with E-state index in [1.54, 1.807) is 0 Å². The molecule has 2 nitrogen and oxygen atoms in total. The highest BCUT2D eigenvalue weighted by Crippen LogP contribution is 2.22. The van der Waals surface area contributed by atoms with Crippen LogP contribution in [0.1, 0.15) is 17.7 Å². The molecule has 14 heavy (non-hydrogen) atoms. The minimum absolute atomic E-state index is 0.0795. The van der Waals surface area contributed by atoms with Crippen LogP contribution in [-0.4, -0.2) is 18.4 Å². The zero-order valence-electron chi connectivity index (χ0n) is 7.75. The first-order valence-electron chi connectivity index (χ1n) is 4.76. The first kappa shape index (κ1) is 10.1. The Kier molecular flexibility index (Phi) is 3.21. The van der Waals surface area contributed by atoms with E-state index >= 15 is 0 Å². The average Bonchev–Trinajstić information content (AvgIpc) is 2.75. The molecule has 1 fully saturated rings. The van der Waals surface area contributed by atoms with Crippen LogP contribution in [0.15, 0.2) is 12.1 Å². The van der Waals surface area contributed by atoms with E-state index in [4.69, 9.17) is 11.6 Å². The Bertz CT molecular complexity index is 331. The van der Waals surface area contributed by atoms with Crippen LogP contribution >= 0.6 is 22.9 Å². The van der Waals surface area contributed by atoms with Gasteiger partial charge >= 0.3 is 0 Å². The third-order valence-corrected chi connectivity index (χ3v) is 3.66. The molecule has 1 unspecified atom stereocenters. The van der Waals surface area contributed by atoms with Crippen LogP contribution in [0, 0.1) is 0 Å². The third-order valence-electron chi connectivity index (χ3n) is 2.43. The van der Waals surface area contributed by atoms with Gasteiger partial charge in [0.25, 0.3) is 0 Å². The molecule has 2 heterocycles. The number of ketones is 1. The normalized spacial score (nSPS) is 21.4. The summed E-state index contributed by atoms with van der Waals surface area (Å²) in [6.45, 7) is 0.974. The number of carbonyl (C=O) groups excluding carboxylic acids is 1. The molecule has 1 aromatic heterocycles. The molecule has 1 aromatic rings. The van der Waals surface area contributed by atoms with E-state index in [1.165, 1.54) is 11.3 Å². The van der Waals surface area contributed by atoms with Crippen LogP contribution in [-0.2, 0) is 11.2 Å². The summed E-state index contributed by atoms with van der Waals surface area (Å²) in [6.07, 6.45) is 2.62. The second-order valence-electron chi connectivity index (χ2n) is 3.50. The summed E-state index contributed by atoms with van der Waals surface area (Å²) in [5, 5.41) is 3.21. The molecule has 0 aliphatic carbocycles. The van der Waals surface area contributed by atoms with E-state index in [9.17, 15) is 4.79 Å². The van der Waals surface area contributed by atoms with Crippen molar-refractivity contribution in [2.75, 3.05) is 6.54 Å². The molecule has 0 radical (unpaired) electrons. The maximum absolute atomic E-state index is 11.7. The van der Waals surface area contributed by atoms with Crippen molar-refractivity contribution in [3.8, 4) is 0 Å². The van der Waals surface area contributed by atoms with E-state index in [2.05, 4.69) is 5.32 Å². The Morgan fingerprint density at radius 2 is 2.50 bits per heavy atom. The fourth-order valence-corrected chi connectivity index (χ4v) is 2.80. The minimum atomic E-state index is 0.0795. The topological polar surface area (TPSA) is 29.1 Å². The molecule has 0 aromatic carbocycles. The first-order chi connectivity index (χ1) is 6.75. The van der Waals surface area contributed by atoms with Crippen LogP contribution in [0.5, 0.6) is 0 Å². The highest BCUT2D eigenvalue weighted by atomic mass is 35.5. The quantitative estimate of drug-likeness (QED) is 0.862. The summed E-state index contributed by atoms with van der Waals surface area (Å²) >= 11 is 7.29. The molecule has 76 valence electrons. The number of hydrogen-bond donors (Lipinski definition) is 1. The number of thiophene rings is 1. The van der Waals surface area contributed by atoms with Gasteiger partial charge in [-0.25, -0.2) is 0 Å². The molecular weight excluding hydrogens is 218 g/mol. The fraction of sp³-hybridized carbons (Fsp3) is 0.500. The highest BCUT2D eigenvalue weighted by molar-refractivity contribution is 7.16. The maximum atomic E-state index is 11.7. The number of Topliss-reactive ketones (excluding diaryl/α,β-unsaturated/α-hetero) is 1. The zero-order chi connectivity index (χ0) is 9.97. The summed E-state index contributed by atoms with van der Waals surface area (Å²) < 4.78 is 0.757. The molecule has 2 rings (SSSR count). The molecule has 0 spiro atoms. The van der Waals surface area contributed by atoms with Gasteiger partial charge in [-0.05, 0) is 31.5 Å². The Labute approximate surface area is 92.3 Å². The van der Waals surface area contributed by atoms with Gasteiger partial charge in [0.05, 0.1) is 10.4 Å². The van der Waals surface area contributed by atoms with Crippen molar-refractivity contribution >= 4 is 28.7 Å². The van der Waals surface area contributed by atoms with Crippen LogP contribution in [0.4, 0.5) is 0 Å². The molecule has 1 atom stereocenters. The Hall–Kier alpha value is -0.380. The lowest BCUT2D eigenvalue weighted by atomic mass is 10.1. The SMILES string of the molecule is O=C(Cc1ccc(Cl)s1)C1CCCN1. The van der Waals surface area contributed by atoms with E-state index in [0.717, 1.165) is 28.6 Å². The summed E-state index contributed by atoms with van der Waals surface area (Å²) in [4.78, 5) is 12.8. The van der Waals surface area contributed by atoms with E-state index in [-0.39, 0.29) is 6.04 Å². The molecular formula is C10H12ClNOS. The molecule has 1 aliphatic heterocycles. The lowest BCUT2D eigenvalue weighted by molar-refractivity contribution is -0.120. The van der Waals surface area contributed by atoms with Crippen molar-refractivity contribution in [3.05, 3.63) is 21.3 Å². The Morgan fingerprint density at radius 1 is 1.64 bits per heavy atom. The van der Waals surface area contributed by atoms with Crippen LogP contribution < -0.4 is 5.32 Å². The van der Waals surface area contributed by atoms with Crippen LogP contribution in [0.2, 0.25) is 4.34 Å². The lowest BCUT2D eigenvalue weighted by Gasteiger charge is -2.06. The van der Waals surface area contributed by atoms with Crippen molar-refractivity contribution < 1.29 is 4.79 Å². The summed E-state index contributed by atoms with van der Waals surface area (Å²) in [6, 6.07) is 3.85. The molecule has 0 saturated carbocycles. The van der Waals surface area contributed by atoms with Gasteiger partial charge in [0.2, 0.25) is 0 Å². The van der Waals surface area contributed by atoms with Crippen molar-refractivity contribution in [1.82, 2.24) is 5.32 Å². The summed E-state index contributed by atoms with van der Waals surface area (Å²) in [5.74, 6) is 0.293. The Morgan fingerprint density at radius 3 is 3.07 bits per heavy atom. The van der Waals surface area contributed by atoms with Gasteiger partial charge in [-0.15, -0.1) is 11.3 Å². The zero-order valence-corrected chi connectivity index (χ0v) is 9.33. The number of carbonyl (C=O) groups is 1. The van der Waals surface area contributed by atoms with E-state index < -0.39 is 0 Å². The third kappa shape index (κ3) is 2.35. The smallest absolute Gasteiger partial charge is 0.154 e. The number of rotatable bonds is 3. The second kappa shape index (κ2) is 4.43. The predicted molar refractivity (Wildman–Crippen MR) is 59.1 cm³/mol. The molecule has 0 amide bonds. The van der Waals surface area contributed by atoms with Gasteiger partial charge in [0.15, 0.2) is 5.78 Å². The van der Waals surface area contributed by atoms with Crippen molar-refractivity contribution in [2.45, 2.75) is 25.3 Å². The standard InChI is InChI=1S/C10H12ClNOS/c11-10-4-3-7(14-10)6-9(13)8-2-1-5-12-8/h3-4,8,12H,1-2,5-6H2. The van der Waals surface area contributed by atoms with Gasteiger partial charge < -0.3 is 5.32 Å². The second-order valence-corrected chi connectivity index (χ2v) is 5.30. The van der Waals surface area contributed by atoms with Crippen molar-refractivity contribution in [2.24, 2.45) is 0 Å². The fourth-order valence-electron chi connectivity index (χ4n) is 1.70. The first-order valence-corrected chi connectivity index (χ1v) is 5.95. The number of hydrogen-bond acceptors (Lipinski definition) is 3. The maximum Gasteiger partial charge on any atom is 0.154 e. The van der Waals surface area contributed by atoms with Crippen molar-refractivity contribution in [3.63, 3.8) is 0 Å². The molecule has 4 heteroatoms. The monoisotopic (exact) mass is 229 g/mol. The Balaban J connectivity index is 1.93. The van der Waals surface area contributed by atoms with Gasteiger partial charge in [-0.1, -0.05) is 11.6 Å². The van der Waals surface area contributed by atoms with Crippen molar-refractivity contribution in [1.29, 1.82) is 0 Å². The van der Waals surface area contributed by atoms with Crippen LogP contribution in [0.25, 0.3) is 0 Å². The molecule has 0 bridgehead atoms. The highest BCUT2D eigenvalue weighted by Gasteiger charge is 2.22. The predicted octanol–water partition coefficient (Wildman–Crippen LogP) is 2.27. The largest absolute Gasteiger partial charge is 0.307 e. The van der Waals surface area contributed by atoms with Gasteiger partial charge in [-0.3, -0.25) is 4.79 Å². The van der Waals surface area contributed by atoms with Gasteiger partial charge in [-0.2, -0.15) is 0 Å².